The molecule has 1 aliphatic rings. The van der Waals surface area contributed by atoms with Crippen LogP contribution in [0.5, 0.6) is 5.75 Å². The number of piperazine rings is 1. The Kier molecular flexibility index (Phi) is 4.68. The fraction of sp³-hybridized carbons (Fsp3) is 0.462. The normalized spacial score (nSPS) is 16.7. The number of carbonyl (C=O) groups is 1. The number of amides is 1. The number of nitrogens with zero attached hydrogens (tertiary/aromatic N) is 2. The Hall–Kier alpha value is -1.69. The maximum Gasteiger partial charge on any atom is 0.387 e. The molecule has 2 rings (SSSR count). The van der Waals surface area contributed by atoms with Crippen LogP contribution < -0.4 is 4.74 Å². The predicted molar refractivity (Wildman–Crippen MR) is 66.0 cm³/mol. The van der Waals surface area contributed by atoms with Crippen molar-refractivity contribution in [2.45, 2.75) is 13.2 Å². The summed E-state index contributed by atoms with van der Waals surface area (Å²) >= 11 is 0. The number of alkyl halides is 2. The van der Waals surface area contributed by atoms with E-state index < -0.39 is 6.61 Å². The van der Waals surface area contributed by atoms with Crippen LogP contribution in [-0.2, 0) is 11.3 Å². The topological polar surface area (TPSA) is 32.8 Å². The molecule has 1 aliphatic heterocycles. The van der Waals surface area contributed by atoms with Crippen molar-refractivity contribution in [1.82, 2.24) is 9.80 Å². The van der Waals surface area contributed by atoms with Gasteiger partial charge in [0.25, 0.3) is 0 Å². The Morgan fingerprint density at radius 2 is 1.79 bits per heavy atom. The molecule has 1 aromatic rings. The van der Waals surface area contributed by atoms with Gasteiger partial charge in [0.1, 0.15) is 5.75 Å². The van der Waals surface area contributed by atoms with Crippen LogP contribution in [-0.4, -0.2) is 49.0 Å². The van der Waals surface area contributed by atoms with Gasteiger partial charge in [0, 0.05) is 32.7 Å². The zero-order chi connectivity index (χ0) is 13.7. The molecular weight excluding hydrogens is 254 g/mol. The Bertz CT molecular complexity index is 404. The number of hydrogen-bond donors (Lipinski definition) is 0. The molecule has 1 heterocycles. The van der Waals surface area contributed by atoms with Gasteiger partial charge in [0.15, 0.2) is 0 Å². The van der Waals surface area contributed by atoms with Crippen molar-refractivity contribution in [3.05, 3.63) is 29.8 Å². The molecular formula is C13H16F2N2O2. The van der Waals surface area contributed by atoms with Crippen molar-refractivity contribution in [1.29, 1.82) is 0 Å². The fourth-order valence-corrected chi connectivity index (χ4v) is 2.06. The van der Waals surface area contributed by atoms with E-state index >= 15 is 0 Å². The lowest BCUT2D eigenvalue weighted by Crippen LogP contribution is -2.45. The lowest BCUT2D eigenvalue weighted by molar-refractivity contribution is -0.119. The predicted octanol–water partition coefficient (Wildman–Crippen LogP) is 1.56. The van der Waals surface area contributed by atoms with Gasteiger partial charge in [-0.15, -0.1) is 0 Å². The molecule has 19 heavy (non-hydrogen) atoms. The van der Waals surface area contributed by atoms with Crippen LogP contribution in [0, 0.1) is 0 Å². The molecule has 0 radical (unpaired) electrons. The van der Waals surface area contributed by atoms with Crippen LogP contribution in [0.3, 0.4) is 0 Å². The van der Waals surface area contributed by atoms with Crippen LogP contribution >= 0.6 is 0 Å². The molecule has 0 spiro atoms. The second-order valence-corrected chi connectivity index (χ2v) is 4.44. The molecule has 0 aromatic heterocycles. The highest BCUT2D eigenvalue weighted by Crippen LogP contribution is 2.16. The summed E-state index contributed by atoms with van der Waals surface area (Å²) in [5.41, 5.74) is 1.04. The summed E-state index contributed by atoms with van der Waals surface area (Å²) in [5, 5.41) is 0. The van der Waals surface area contributed by atoms with Gasteiger partial charge in [-0.05, 0) is 17.7 Å². The highest BCUT2D eigenvalue weighted by atomic mass is 19.3. The van der Waals surface area contributed by atoms with Crippen molar-refractivity contribution in [3.8, 4) is 5.75 Å². The van der Waals surface area contributed by atoms with Gasteiger partial charge >= 0.3 is 6.61 Å². The van der Waals surface area contributed by atoms with E-state index in [0.717, 1.165) is 44.7 Å². The first-order valence-corrected chi connectivity index (χ1v) is 6.13. The minimum Gasteiger partial charge on any atom is -0.435 e. The number of rotatable bonds is 5. The van der Waals surface area contributed by atoms with E-state index in [4.69, 9.17) is 0 Å². The lowest BCUT2D eigenvalue weighted by Gasteiger charge is -2.32. The van der Waals surface area contributed by atoms with Crippen LogP contribution in [0.4, 0.5) is 8.78 Å². The van der Waals surface area contributed by atoms with E-state index in [0.29, 0.717) is 0 Å². The second kappa shape index (κ2) is 6.47. The van der Waals surface area contributed by atoms with Crippen LogP contribution in [0.25, 0.3) is 0 Å². The van der Waals surface area contributed by atoms with Crippen molar-refractivity contribution in [2.24, 2.45) is 0 Å². The molecule has 4 nitrogen and oxygen atoms in total. The Balaban J connectivity index is 1.84. The first-order valence-electron chi connectivity index (χ1n) is 6.13. The minimum absolute atomic E-state index is 0.171. The third kappa shape index (κ3) is 4.17. The van der Waals surface area contributed by atoms with E-state index in [2.05, 4.69) is 9.64 Å². The quantitative estimate of drug-likeness (QED) is 0.761. The van der Waals surface area contributed by atoms with E-state index in [1.807, 2.05) is 0 Å². The maximum atomic E-state index is 12.0. The van der Waals surface area contributed by atoms with Gasteiger partial charge in [-0.1, -0.05) is 12.1 Å². The van der Waals surface area contributed by atoms with Crippen molar-refractivity contribution >= 4 is 6.41 Å². The summed E-state index contributed by atoms with van der Waals surface area (Å²) in [4.78, 5) is 14.6. The summed E-state index contributed by atoms with van der Waals surface area (Å²) in [6.07, 6.45) is 0.869. The molecule has 0 N–H and O–H groups in total. The molecule has 1 aromatic carbocycles. The molecule has 1 saturated heterocycles. The van der Waals surface area contributed by atoms with Gasteiger partial charge in [-0.2, -0.15) is 8.78 Å². The summed E-state index contributed by atoms with van der Waals surface area (Å²) in [7, 11) is 0. The molecule has 1 amide bonds. The SMILES string of the molecule is O=CN1CCN(Cc2ccc(OC(F)F)cc2)CC1. The standard InChI is InChI=1S/C13H16F2N2O2/c14-13(15)19-12-3-1-11(2-4-12)9-16-5-7-17(10-18)8-6-16/h1-4,10,13H,5-9H2. The Morgan fingerprint density at radius 1 is 1.16 bits per heavy atom. The van der Waals surface area contributed by atoms with E-state index in [9.17, 15) is 13.6 Å². The summed E-state index contributed by atoms with van der Waals surface area (Å²) in [5.74, 6) is 0.171. The smallest absolute Gasteiger partial charge is 0.387 e. The first-order chi connectivity index (χ1) is 9.17. The first kappa shape index (κ1) is 13.7. The highest BCUT2D eigenvalue weighted by Gasteiger charge is 2.15. The number of hydrogen-bond acceptors (Lipinski definition) is 3. The molecule has 104 valence electrons. The average molecular weight is 270 g/mol. The minimum atomic E-state index is -2.79. The summed E-state index contributed by atoms with van der Waals surface area (Å²) in [6, 6.07) is 6.65. The number of benzene rings is 1. The highest BCUT2D eigenvalue weighted by molar-refractivity contribution is 5.47. The van der Waals surface area contributed by atoms with Gasteiger partial charge in [0.05, 0.1) is 0 Å². The van der Waals surface area contributed by atoms with Gasteiger partial charge in [0.2, 0.25) is 6.41 Å². The third-order valence-corrected chi connectivity index (χ3v) is 3.11. The Labute approximate surface area is 110 Å². The van der Waals surface area contributed by atoms with Crippen LogP contribution in [0.2, 0.25) is 0 Å². The monoisotopic (exact) mass is 270 g/mol. The molecule has 0 saturated carbocycles. The second-order valence-electron chi connectivity index (χ2n) is 4.44. The van der Waals surface area contributed by atoms with Gasteiger partial charge in [-0.3, -0.25) is 9.69 Å². The average Bonchev–Trinajstić information content (AvgIpc) is 2.41. The summed E-state index contributed by atoms with van der Waals surface area (Å²) in [6.45, 7) is 1.08. The largest absolute Gasteiger partial charge is 0.435 e. The van der Waals surface area contributed by atoms with Crippen molar-refractivity contribution in [2.75, 3.05) is 26.2 Å². The van der Waals surface area contributed by atoms with Crippen molar-refractivity contribution in [3.63, 3.8) is 0 Å². The van der Waals surface area contributed by atoms with Crippen LogP contribution in [0.15, 0.2) is 24.3 Å². The number of halogens is 2. The third-order valence-electron chi connectivity index (χ3n) is 3.11. The number of ether oxygens (including phenoxy) is 1. The maximum absolute atomic E-state index is 12.0. The summed E-state index contributed by atoms with van der Waals surface area (Å²) < 4.78 is 28.3. The van der Waals surface area contributed by atoms with Crippen LogP contribution in [0.1, 0.15) is 5.56 Å². The van der Waals surface area contributed by atoms with Crippen molar-refractivity contribution < 1.29 is 18.3 Å². The molecule has 0 unspecified atom stereocenters. The molecule has 0 atom stereocenters. The Morgan fingerprint density at radius 3 is 2.32 bits per heavy atom. The van der Waals surface area contributed by atoms with E-state index in [-0.39, 0.29) is 5.75 Å². The molecule has 0 bridgehead atoms. The molecule has 1 fully saturated rings. The fourth-order valence-electron chi connectivity index (χ4n) is 2.06. The lowest BCUT2D eigenvalue weighted by atomic mass is 10.2. The van der Waals surface area contributed by atoms with E-state index in [1.165, 1.54) is 0 Å². The zero-order valence-corrected chi connectivity index (χ0v) is 10.5. The molecule has 0 aliphatic carbocycles. The van der Waals surface area contributed by atoms with E-state index in [1.54, 1.807) is 29.2 Å². The molecule has 6 heteroatoms. The van der Waals surface area contributed by atoms with Gasteiger partial charge in [-0.25, -0.2) is 0 Å². The van der Waals surface area contributed by atoms with Gasteiger partial charge < -0.3 is 9.64 Å². The number of carbonyl (C=O) groups excluding carboxylic acids is 1. The zero-order valence-electron chi connectivity index (χ0n) is 10.5.